The summed E-state index contributed by atoms with van der Waals surface area (Å²) in [6.45, 7) is 6.24. The summed E-state index contributed by atoms with van der Waals surface area (Å²) in [6.07, 6.45) is 5.09. The first-order chi connectivity index (χ1) is 20.8. The third kappa shape index (κ3) is 5.21. The number of fused-ring (bicyclic) bond motifs is 3. The maximum absolute atomic E-state index is 14.8. The van der Waals surface area contributed by atoms with Crippen LogP contribution in [-0.2, 0) is 4.79 Å². The van der Waals surface area contributed by atoms with Crippen molar-refractivity contribution < 1.29 is 18.3 Å². The zero-order valence-electron chi connectivity index (χ0n) is 23.7. The van der Waals surface area contributed by atoms with Crippen LogP contribution in [0.1, 0.15) is 19.3 Å². The molecule has 2 atom stereocenters. The van der Waals surface area contributed by atoms with Crippen LogP contribution in [0.5, 0.6) is 6.01 Å². The quantitative estimate of drug-likeness (QED) is 0.229. The van der Waals surface area contributed by atoms with Crippen molar-refractivity contribution in [2.75, 3.05) is 50.5 Å². The number of furan rings is 1. The lowest BCUT2D eigenvalue weighted by Crippen LogP contribution is -2.55. The van der Waals surface area contributed by atoms with Gasteiger partial charge in [-0.05, 0) is 56.3 Å². The first-order valence-corrected chi connectivity index (χ1v) is 14.5. The van der Waals surface area contributed by atoms with Crippen LogP contribution < -0.4 is 15.4 Å². The Kier molecular flexibility index (Phi) is 7.81. The molecule has 10 nitrogen and oxygen atoms in total. The lowest BCUT2D eigenvalue weighted by Gasteiger charge is -2.41. The molecular formula is C31H31ClFN7O3. The van der Waals surface area contributed by atoms with E-state index in [0.717, 1.165) is 19.4 Å². The Morgan fingerprint density at radius 3 is 2.86 bits per heavy atom. The molecule has 2 aromatic heterocycles. The molecule has 4 heterocycles. The molecule has 2 aromatic carbocycles. The van der Waals surface area contributed by atoms with Crippen molar-refractivity contribution in [3.8, 4) is 23.2 Å². The van der Waals surface area contributed by atoms with E-state index in [4.69, 9.17) is 36.5 Å². The fourth-order valence-corrected chi connectivity index (χ4v) is 6.35. The predicted molar refractivity (Wildman–Crippen MR) is 163 cm³/mol. The highest BCUT2D eigenvalue weighted by molar-refractivity contribution is 6.34. The number of benzene rings is 2. The number of piperazine rings is 1. The molecule has 0 bridgehead atoms. The number of amides is 1. The van der Waals surface area contributed by atoms with Crippen LogP contribution in [0.25, 0.3) is 33.0 Å². The van der Waals surface area contributed by atoms with Gasteiger partial charge in [-0.25, -0.2) is 4.39 Å². The van der Waals surface area contributed by atoms with Crippen LogP contribution in [0.4, 0.5) is 15.9 Å². The predicted octanol–water partition coefficient (Wildman–Crippen LogP) is 5.01. The van der Waals surface area contributed by atoms with Crippen molar-refractivity contribution >= 4 is 50.9 Å². The maximum atomic E-state index is 14.8. The summed E-state index contributed by atoms with van der Waals surface area (Å²) in [5, 5.41) is 10.8. The number of nitrogens with zero attached hydrogens (tertiary/aromatic N) is 6. The number of nitrogens with two attached hydrogens (primary N) is 1. The molecule has 4 aromatic rings. The molecule has 2 aliphatic heterocycles. The van der Waals surface area contributed by atoms with Crippen LogP contribution in [0.3, 0.4) is 0 Å². The maximum Gasteiger partial charge on any atom is 0.319 e. The topological polar surface area (TPSA) is 125 Å². The second-order valence-corrected chi connectivity index (χ2v) is 11.3. The van der Waals surface area contributed by atoms with Gasteiger partial charge in [-0.15, -0.1) is 0 Å². The molecule has 6 rings (SSSR count). The van der Waals surface area contributed by atoms with Crippen LogP contribution >= 0.6 is 11.6 Å². The number of nitriles is 1. The second-order valence-electron chi connectivity index (χ2n) is 10.9. The smallest absolute Gasteiger partial charge is 0.319 e. The van der Waals surface area contributed by atoms with E-state index in [-0.39, 0.29) is 41.1 Å². The van der Waals surface area contributed by atoms with Gasteiger partial charge in [0.2, 0.25) is 5.91 Å². The molecule has 222 valence electrons. The van der Waals surface area contributed by atoms with E-state index in [0.29, 0.717) is 65.1 Å². The number of likely N-dealkylation sites (tertiary alicyclic amines) is 1. The average Bonchev–Trinajstić information content (AvgIpc) is 3.67. The second kappa shape index (κ2) is 11.7. The molecule has 0 saturated carbocycles. The summed E-state index contributed by atoms with van der Waals surface area (Å²) >= 11 is 6.45. The van der Waals surface area contributed by atoms with Gasteiger partial charge in [0.05, 0.1) is 46.4 Å². The van der Waals surface area contributed by atoms with Gasteiger partial charge >= 0.3 is 6.01 Å². The zero-order valence-corrected chi connectivity index (χ0v) is 24.5. The molecule has 2 N–H and O–H groups in total. The number of halogens is 2. The van der Waals surface area contributed by atoms with Gasteiger partial charge in [-0.1, -0.05) is 24.2 Å². The fraction of sp³-hybridized carbons (Fsp3) is 0.355. The monoisotopic (exact) mass is 603 g/mol. The lowest BCUT2D eigenvalue weighted by atomic mass is 9.98. The number of ether oxygens (including phenoxy) is 1. The largest absolute Gasteiger partial charge is 0.463 e. The molecule has 2 fully saturated rings. The molecular weight excluding hydrogens is 573 g/mol. The van der Waals surface area contributed by atoms with Crippen molar-refractivity contribution in [2.45, 2.75) is 31.3 Å². The molecule has 2 saturated heterocycles. The summed E-state index contributed by atoms with van der Waals surface area (Å²) in [6, 6.07) is 9.04. The third-order valence-electron chi connectivity index (χ3n) is 8.41. The molecule has 12 heteroatoms. The SMILES string of the molecule is C=CC(=O)N1CCN(c2nc(OC[C@@H]3CCCN3C)nc3cc(-c4ccc(N)c(F)c4Cl)c4ccoc4c23)C[C@@H]1CC#N. The Hall–Kier alpha value is -4.40. The Morgan fingerprint density at radius 1 is 1.28 bits per heavy atom. The summed E-state index contributed by atoms with van der Waals surface area (Å²) in [5.74, 6) is -0.350. The molecule has 0 aliphatic carbocycles. The summed E-state index contributed by atoms with van der Waals surface area (Å²) in [7, 11) is 2.07. The van der Waals surface area contributed by atoms with Gasteiger partial charge in [0.1, 0.15) is 18.0 Å². The van der Waals surface area contributed by atoms with Gasteiger partial charge in [-0.3, -0.25) is 4.79 Å². The number of aromatic nitrogens is 2. The molecule has 0 radical (unpaired) electrons. The standard InChI is InChI=1S/C31H31ClFN7O3/c1-3-25(41)40-13-12-39(16-18(40)8-10-34)30-26-24(36-31(37-30)43-17-19-5-4-11-38(19)2)15-22(21-9-14-42-29(21)26)20-6-7-23(35)28(33)27(20)32/h3,6-7,9,14-15,18-19H,1,4-5,8,11-13,16-17,35H2,2H3/t18-,19-/m0/s1. The Balaban J connectivity index is 1.50. The molecule has 43 heavy (non-hydrogen) atoms. The highest BCUT2D eigenvalue weighted by atomic mass is 35.5. The molecule has 0 unspecified atom stereocenters. The molecule has 1 amide bonds. The third-order valence-corrected chi connectivity index (χ3v) is 8.78. The van der Waals surface area contributed by atoms with Crippen LogP contribution in [0, 0.1) is 17.1 Å². The van der Waals surface area contributed by atoms with E-state index in [1.165, 1.54) is 12.1 Å². The van der Waals surface area contributed by atoms with Gasteiger partial charge < -0.3 is 29.6 Å². The van der Waals surface area contributed by atoms with Crippen LogP contribution in [-0.4, -0.2) is 77.6 Å². The van der Waals surface area contributed by atoms with Crippen molar-refractivity contribution in [1.29, 1.82) is 5.26 Å². The number of anilines is 2. The minimum absolute atomic E-state index is 0.0452. The first-order valence-electron chi connectivity index (χ1n) is 14.1. The minimum atomic E-state index is -0.695. The number of rotatable bonds is 7. The Bertz CT molecular complexity index is 1770. The van der Waals surface area contributed by atoms with E-state index in [1.54, 1.807) is 23.3 Å². The average molecular weight is 604 g/mol. The van der Waals surface area contributed by atoms with E-state index in [9.17, 15) is 14.4 Å². The summed E-state index contributed by atoms with van der Waals surface area (Å²) in [5.41, 5.74) is 7.81. The number of carbonyl (C=O) groups excluding carboxylic acids is 1. The highest BCUT2D eigenvalue weighted by Crippen LogP contribution is 2.42. The minimum Gasteiger partial charge on any atom is -0.463 e. The number of likely N-dealkylation sites (N-methyl/N-ethyl adjacent to an activating group) is 1. The molecule has 0 spiro atoms. The van der Waals surface area contributed by atoms with Gasteiger partial charge in [0.15, 0.2) is 5.82 Å². The summed E-state index contributed by atoms with van der Waals surface area (Å²) in [4.78, 5) is 28.2. The lowest BCUT2D eigenvalue weighted by molar-refractivity contribution is -0.128. The van der Waals surface area contributed by atoms with E-state index >= 15 is 0 Å². The van der Waals surface area contributed by atoms with E-state index < -0.39 is 5.82 Å². The van der Waals surface area contributed by atoms with E-state index in [1.807, 2.05) is 11.0 Å². The molecule has 2 aliphatic rings. The van der Waals surface area contributed by atoms with E-state index in [2.05, 4.69) is 24.6 Å². The zero-order chi connectivity index (χ0) is 30.2. The van der Waals surface area contributed by atoms with Crippen molar-refractivity contribution in [3.63, 3.8) is 0 Å². The normalized spacial score (nSPS) is 19.2. The Labute approximate surface area is 253 Å². The fourth-order valence-electron chi connectivity index (χ4n) is 6.08. The van der Waals surface area contributed by atoms with Crippen LogP contribution in [0.2, 0.25) is 5.02 Å². The van der Waals surface area contributed by atoms with Gasteiger partial charge in [0, 0.05) is 36.6 Å². The Morgan fingerprint density at radius 2 is 2.12 bits per heavy atom. The summed E-state index contributed by atoms with van der Waals surface area (Å²) < 4.78 is 27.0. The number of nitrogen functional groups attached to an aromatic ring is 1. The van der Waals surface area contributed by atoms with Crippen molar-refractivity contribution in [1.82, 2.24) is 19.8 Å². The number of carbonyl (C=O) groups is 1. The van der Waals surface area contributed by atoms with Gasteiger partial charge in [0.25, 0.3) is 0 Å². The van der Waals surface area contributed by atoms with Gasteiger partial charge in [-0.2, -0.15) is 15.2 Å². The number of hydrogen-bond acceptors (Lipinski definition) is 9. The first kappa shape index (κ1) is 28.7. The number of hydrogen-bond donors (Lipinski definition) is 1. The van der Waals surface area contributed by atoms with Crippen molar-refractivity contribution in [2.24, 2.45) is 0 Å². The van der Waals surface area contributed by atoms with Crippen LogP contribution in [0.15, 0.2) is 47.6 Å². The van der Waals surface area contributed by atoms with Crippen molar-refractivity contribution in [3.05, 3.63) is 54.0 Å². The highest BCUT2D eigenvalue weighted by Gasteiger charge is 2.32.